The highest BCUT2D eigenvalue weighted by atomic mass is 35.5. The van der Waals surface area contributed by atoms with Crippen LogP contribution >= 0.6 is 23.2 Å². The van der Waals surface area contributed by atoms with Gasteiger partial charge in [0.25, 0.3) is 0 Å². The van der Waals surface area contributed by atoms with Gasteiger partial charge in [-0.15, -0.1) is 0 Å². The number of hydrogen-bond donors (Lipinski definition) is 2. The number of anilines is 1. The van der Waals surface area contributed by atoms with E-state index in [4.69, 9.17) is 37.4 Å². The van der Waals surface area contributed by atoms with Gasteiger partial charge >= 0.3 is 5.97 Å². The highest BCUT2D eigenvalue weighted by Gasteiger charge is 2.39. The molecule has 3 aromatic rings. The Morgan fingerprint density at radius 1 is 1.05 bits per heavy atom. The van der Waals surface area contributed by atoms with Gasteiger partial charge < -0.3 is 24.8 Å². The molecule has 1 heterocycles. The highest BCUT2D eigenvalue weighted by Crippen LogP contribution is 2.46. The standard InChI is InChI=1S/C26H26Cl2N4O5/c1-5-21(33)30-17-9-14(25(34)37-4)10-18(17)32-26-29-12-15-8-13(6-7-16(15)31-26)22-23(27)19(35-2)11-20(36-3)24(22)28/h5-8,11-12,14,17-18H,1,9-10H2,2-4H3,(H,30,33)(H,29,31,32)/t14-,17+,18-/m1/s1. The smallest absolute Gasteiger partial charge is 0.308 e. The zero-order chi connectivity index (χ0) is 26.7. The average Bonchev–Trinajstić information content (AvgIpc) is 3.30. The van der Waals surface area contributed by atoms with Crippen molar-refractivity contribution in [2.24, 2.45) is 5.92 Å². The topological polar surface area (TPSA) is 112 Å². The molecule has 3 atom stereocenters. The molecular formula is C26H26Cl2N4O5. The normalized spacial score (nSPS) is 18.8. The van der Waals surface area contributed by atoms with E-state index in [1.807, 2.05) is 18.2 Å². The molecule has 194 valence electrons. The first kappa shape index (κ1) is 26.5. The van der Waals surface area contributed by atoms with Crippen molar-refractivity contribution in [1.82, 2.24) is 15.3 Å². The number of ether oxygens (including phenoxy) is 3. The first-order chi connectivity index (χ1) is 17.8. The Morgan fingerprint density at radius 2 is 1.73 bits per heavy atom. The summed E-state index contributed by atoms with van der Waals surface area (Å²) in [5.41, 5.74) is 2.00. The van der Waals surface area contributed by atoms with Gasteiger partial charge in [-0.25, -0.2) is 9.97 Å². The minimum absolute atomic E-state index is 0.272. The molecule has 0 spiro atoms. The minimum atomic E-state index is -0.352. The molecule has 2 N–H and O–H groups in total. The molecule has 37 heavy (non-hydrogen) atoms. The number of nitrogens with one attached hydrogen (secondary N) is 2. The Bertz CT molecular complexity index is 1340. The zero-order valence-corrected chi connectivity index (χ0v) is 22.0. The summed E-state index contributed by atoms with van der Waals surface area (Å²) >= 11 is 13.2. The van der Waals surface area contributed by atoms with Crippen molar-refractivity contribution in [2.75, 3.05) is 26.6 Å². The number of methoxy groups -OCH3 is 3. The fourth-order valence-electron chi connectivity index (χ4n) is 4.52. The number of hydrogen-bond acceptors (Lipinski definition) is 8. The predicted octanol–water partition coefficient (Wildman–Crippen LogP) is 4.66. The van der Waals surface area contributed by atoms with Crippen LogP contribution in [0, 0.1) is 5.92 Å². The van der Waals surface area contributed by atoms with Crippen molar-refractivity contribution in [3.05, 3.63) is 53.2 Å². The minimum Gasteiger partial charge on any atom is -0.495 e. The van der Waals surface area contributed by atoms with Crippen LogP contribution < -0.4 is 20.1 Å². The molecular weight excluding hydrogens is 519 g/mol. The Kier molecular flexibility index (Phi) is 8.04. The van der Waals surface area contributed by atoms with Crippen molar-refractivity contribution in [2.45, 2.75) is 24.9 Å². The molecule has 11 heteroatoms. The van der Waals surface area contributed by atoms with Crippen LogP contribution in [0.25, 0.3) is 22.0 Å². The van der Waals surface area contributed by atoms with Crippen molar-refractivity contribution >= 4 is 51.9 Å². The molecule has 2 aromatic carbocycles. The number of aromatic nitrogens is 2. The van der Waals surface area contributed by atoms with Gasteiger partial charge in [0, 0.05) is 23.2 Å². The fourth-order valence-corrected chi connectivity index (χ4v) is 5.24. The van der Waals surface area contributed by atoms with Crippen LogP contribution in [0.2, 0.25) is 10.0 Å². The number of amides is 1. The van der Waals surface area contributed by atoms with E-state index in [-0.39, 0.29) is 29.9 Å². The van der Waals surface area contributed by atoms with Crippen molar-refractivity contribution < 1.29 is 23.8 Å². The van der Waals surface area contributed by atoms with Gasteiger partial charge in [0.05, 0.1) is 54.9 Å². The van der Waals surface area contributed by atoms with Crippen LogP contribution in [0.1, 0.15) is 12.8 Å². The molecule has 0 saturated heterocycles. The van der Waals surface area contributed by atoms with Gasteiger partial charge in [0.15, 0.2) is 0 Å². The number of carbonyl (C=O) groups is 2. The zero-order valence-electron chi connectivity index (χ0n) is 20.5. The molecule has 0 radical (unpaired) electrons. The maximum Gasteiger partial charge on any atom is 0.308 e. The summed E-state index contributed by atoms with van der Waals surface area (Å²) in [6.07, 6.45) is 3.77. The second-order valence-corrected chi connectivity index (χ2v) is 9.27. The Hall–Kier alpha value is -3.56. The maximum absolute atomic E-state index is 12.1. The van der Waals surface area contributed by atoms with Gasteiger partial charge in [0.1, 0.15) is 11.5 Å². The molecule has 1 saturated carbocycles. The van der Waals surface area contributed by atoms with Gasteiger partial charge in [-0.1, -0.05) is 35.8 Å². The summed E-state index contributed by atoms with van der Waals surface area (Å²) < 4.78 is 15.7. The first-order valence-corrected chi connectivity index (χ1v) is 12.2. The summed E-state index contributed by atoms with van der Waals surface area (Å²) in [5.74, 6) is 0.256. The number of esters is 1. The Morgan fingerprint density at radius 3 is 2.35 bits per heavy atom. The lowest BCUT2D eigenvalue weighted by molar-refractivity contribution is -0.145. The molecule has 1 aromatic heterocycles. The van der Waals surface area contributed by atoms with E-state index >= 15 is 0 Å². The van der Waals surface area contributed by atoms with Gasteiger partial charge in [0.2, 0.25) is 11.9 Å². The highest BCUT2D eigenvalue weighted by molar-refractivity contribution is 6.41. The predicted molar refractivity (Wildman–Crippen MR) is 142 cm³/mol. The van der Waals surface area contributed by atoms with Gasteiger partial charge in [-0.05, 0) is 36.6 Å². The quantitative estimate of drug-likeness (QED) is 0.311. The van der Waals surface area contributed by atoms with E-state index in [9.17, 15) is 9.59 Å². The number of carbonyl (C=O) groups excluding carboxylic acids is 2. The van der Waals surface area contributed by atoms with Crippen LogP contribution in [0.15, 0.2) is 43.1 Å². The number of nitrogens with zero attached hydrogens (tertiary/aromatic N) is 2. The number of benzene rings is 2. The lowest BCUT2D eigenvalue weighted by Crippen LogP contribution is -2.42. The third-order valence-corrected chi connectivity index (χ3v) is 7.12. The van der Waals surface area contributed by atoms with E-state index in [0.29, 0.717) is 51.4 Å². The fraction of sp³-hybridized carbons (Fsp3) is 0.308. The number of rotatable bonds is 8. The number of fused-ring (bicyclic) bond motifs is 1. The molecule has 1 aliphatic carbocycles. The van der Waals surface area contributed by atoms with Crippen LogP contribution in [0.5, 0.6) is 11.5 Å². The van der Waals surface area contributed by atoms with Crippen molar-refractivity contribution in [3.8, 4) is 22.6 Å². The van der Waals surface area contributed by atoms with Crippen LogP contribution in [0.3, 0.4) is 0 Å². The molecule has 4 rings (SSSR count). The van der Waals surface area contributed by atoms with E-state index in [1.54, 1.807) is 12.3 Å². The summed E-state index contributed by atoms with van der Waals surface area (Å²) in [6, 6.07) is 6.60. The SMILES string of the molecule is C=CC(=O)N[C@H]1C[C@@H](C(=O)OC)C[C@H]1Nc1ncc2cc(-c3c(Cl)c(OC)cc(OC)c3Cl)ccc2n1. The van der Waals surface area contributed by atoms with E-state index in [1.165, 1.54) is 27.4 Å². The Balaban J connectivity index is 1.63. The molecule has 1 fully saturated rings. The van der Waals surface area contributed by atoms with E-state index in [0.717, 1.165) is 10.9 Å². The summed E-state index contributed by atoms with van der Waals surface area (Å²) in [6.45, 7) is 3.50. The molecule has 0 aliphatic heterocycles. The van der Waals surface area contributed by atoms with E-state index in [2.05, 4.69) is 27.2 Å². The number of halogens is 2. The largest absolute Gasteiger partial charge is 0.495 e. The molecule has 1 aliphatic rings. The van der Waals surface area contributed by atoms with Crippen LogP contribution in [-0.4, -0.2) is 55.3 Å². The summed E-state index contributed by atoms with van der Waals surface area (Å²) in [4.78, 5) is 33.1. The monoisotopic (exact) mass is 544 g/mol. The van der Waals surface area contributed by atoms with Crippen LogP contribution in [0.4, 0.5) is 5.95 Å². The second-order valence-electron chi connectivity index (χ2n) is 8.51. The van der Waals surface area contributed by atoms with Crippen LogP contribution in [-0.2, 0) is 14.3 Å². The van der Waals surface area contributed by atoms with Crippen molar-refractivity contribution in [3.63, 3.8) is 0 Å². The lowest BCUT2D eigenvalue weighted by atomic mass is 10.0. The second kappa shape index (κ2) is 11.2. The molecule has 0 unspecified atom stereocenters. The van der Waals surface area contributed by atoms with Crippen molar-refractivity contribution in [1.29, 1.82) is 0 Å². The van der Waals surface area contributed by atoms with Gasteiger partial charge in [-0.2, -0.15) is 0 Å². The molecule has 0 bridgehead atoms. The lowest BCUT2D eigenvalue weighted by Gasteiger charge is -2.21. The molecule has 1 amide bonds. The third-order valence-electron chi connectivity index (χ3n) is 6.37. The maximum atomic E-state index is 12.1. The summed E-state index contributed by atoms with van der Waals surface area (Å²) in [7, 11) is 4.39. The average molecular weight is 545 g/mol. The summed E-state index contributed by atoms with van der Waals surface area (Å²) in [5, 5.41) is 7.61. The van der Waals surface area contributed by atoms with Gasteiger partial charge in [-0.3, -0.25) is 9.59 Å². The molecule has 9 nitrogen and oxygen atoms in total. The third kappa shape index (κ3) is 5.42. The first-order valence-electron chi connectivity index (χ1n) is 11.4. The van der Waals surface area contributed by atoms with E-state index < -0.39 is 0 Å². The Labute approximate surface area is 224 Å².